The van der Waals surface area contributed by atoms with Crippen molar-refractivity contribution in [2.45, 2.75) is 70.9 Å². The fraction of sp³-hybridized carbons (Fsp3) is 0.480. The van der Waals surface area contributed by atoms with Crippen LogP contribution in [0.15, 0.2) is 60.7 Å². The van der Waals surface area contributed by atoms with Crippen molar-refractivity contribution in [3.05, 3.63) is 71.8 Å². The van der Waals surface area contributed by atoms with Gasteiger partial charge in [-0.3, -0.25) is 9.69 Å². The minimum absolute atomic E-state index is 0.0815. The lowest BCUT2D eigenvalue weighted by Crippen LogP contribution is -2.47. The van der Waals surface area contributed by atoms with Crippen LogP contribution in [0.3, 0.4) is 0 Å². The Morgan fingerprint density at radius 2 is 1.43 bits per heavy atom. The van der Waals surface area contributed by atoms with Crippen LogP contribution in [0.5, 0.6) is 0 Å². The van der Waals surface area contributed by atoms with E-state index in [1.165, 1.54) is 11.1 Å². The molecule has 0 aliphatic heterocycles. The molecule has 1 N–H and O–H groups in total. The van der Waals surface area contributed by atoms with Gasteiger partial charge in [0.1, 0.15) is 0 Å². The van der Waals surface area contributed by atoms with Crippen LogP contribution in [-0.4, -0.2) is 36.9 Å². The van der Waals surface area contributed by atoms with Gasteiger partial charge in [0.05, 0.1) is 6.10 Å². The lowest BCUT2D eigenvalue weighted by Gasteiger charge is -2.40. The molecular weight excluding hydrogens is 390 g/mol. The predicted molar refractivity (Wildman–Crippen MR) is 126 cm³/mol. The lowest BCUT2D eigenvalue weighted by atomic mass is 10.1. The molecule has 0 saturated carbocycles. The molecule has 4 nitrogen and oxygen atoms in total. The van der Waals surface area contributed by atoms with Crippen molar-refractivity contribution >= 4 is 14.3 Å². The summed E-state index contributed by atoms with van der Waals surface area (Å²) in [4.78, 5) is 13.7. The topological polar surface area (TPSA) is 49.8 Å². The van der Waals surface area contributed by atoms with Gasteiger partial charge in [0.25, 0.3) is 0 Å². The summed E-state index contributed by atoms with van der Waals surface area (Å²) in [7, 11) is -2.01. The summed E-state index contributed by atoms with van der Waals surface area (Å²) in [5.74, 6) is -0.767. The van der Waals surface area contributed by atoms with E-state index in [4.69, 9.17) is 4.43 Å². The van der Waals surface area contributed by atoms with Crippen LogP contribution in [0.4, 0.5) is 0 Å². The molecule has 0 aliphatic carbocycles. The van der Waals surface area contributed by atoms with Crippen molar-refractivity contribution in [3.63, 3.8) is 0 Å². The molecule has 0 aliphatic rings. The first-order chi connectivity index (χ1) is 14.1. The quantitative estimate of drug-likeness (QED) is 0.451. The van der Waals surface area contributed by atoms with Crippen LogP contribution in [-0.2, 0) is 22.3 Å². The molecule has 2 aromatic carbocycles. The zero-order valence-electron chi connectivity index (χ0n) is 19.1. The number of aliphatic carboxylic acids is 1. The number of benzene rings is 2. The molecule has 0 saturated heterocycles. The summed E-state index contributed by atoms with van der Waals surface area (Å²) in [6, 6.07) is 20.8. The molecule has 0 bridgehead atoms. The molecular formula is C25H37NO3Si. The van der Waals surface area contributed by atoms with Gasteiger partial charge in [0, 0.05) is 26.1 Å². The monoisotopic (exact) mass is 427 g/mol. The number of hydrogen-bond acceptors (Lipinski definition) is 3. The molecule has 0 spiro atoms. The highest BCUT2D eigenvalue weighted by Crippen LogP contribution is 2.38. The Morgan fingerprint density at radius 1 is 0.967 bits per heavy atom. The van der Waals surface area contributed by atoms with Crippen molar-refractivity contribution in [1.82, 2.24) is 4.90 Å². The van der Waals surface area contributed by atoms with Crippen LogP contribution < -0.4 is 0 Å². The van der Waals surface area contributed by atoms with E-state index >= 15 is 0 Å². The summed E-state index contributed by atoms with van der Waals surface area (Å²) < 4.78 is 6.69. The molecule has 2 aromatic rings. The largest absolute Gasteiger partial charge is 0.481 e. The van der Waals surface area contributed by atoms with Crippen molar-refractivity contribution in [3.8, 4) is 0 Å². The third-order valence-corrected chi connectivity index (χ3v) is 10.4. The number of carboxylic acid groups (broad SMARTS) is 1. The van der Waals surface area contributed by atoms with E-state index in [0.717, 1.165) is 13.1 Å². The van der Waals surface area contributed by atoms with Crippen molar-refractivity contribution < 1.29 is 14.3 Å². The van der Waals surface area contributed by atoms with Crippen LogP contribution >= 0.6 is 0 Å². The summed E-state index contributed by atoms with van der Waals surface area (Å²) in [6.07, 6.45) is 0.556. The smallest absolute Gasteiger partial charge is 0.303 e. The Balaban J connectivity index is 2.21. The normalized spacial score (nSPS) is 13.4. The van der Waals surface area contributed by atoms with Gasteiger partial charge in [0.2, 0.25) is 0 Å². The lowest BCUT2D eigenvalue weighted by molar-refractivity contribution is -0.137. The molecule has 5 heteroatoms. The third-order valence-electron chi connectivity index (χ3n) is 5.91. The zero-order valence-corrected chi connectivity index (χ0v) is 20.1. The second-order valence-corrected chi connectivity index (χ2v) is 14.3. The second kappa shape index (κ2) is 10.9. The molecule has 164 valence electrons. The van der Waals surface area contributed by atoms with E-state index in [-0.39, 0.29) is 17.6 Å². The maximum absolute atomic E-state index is 11.3. The fourth-order valence-corrected chi connectivity index (χ4v) is 4.60. The summed E-state index contributed by atoms with van der Waals surface area (Å²) in [5.41, 5.74) is 2.50. The highest BCUT2D eigenvalue weighted by molar-refractivity contribution is 6.74. The van der Waals surface area contributed by atoms with Gasteiger partial charge < -0.3 is 9.53 Å². The van der Waals surface area contributed by atoms with Gasteiger partial charge in [-0.1, -0.05) is 81.4 Å². The van der Waals surface area contributed by atoms with E-state index in [1.54, 1.807) is 0 Å². The highest BCUT2D eigenvalue weighted by atomic mass is 28.4. The Labute approximate surface area is 183 Å². The Bertz CT molecular complexity index is 730. The molecule has 0 fully saturated rings. The number of carboxylic acids is 1. The van der Waals surface area contributed by atoms with Gasteiger partial charge in [-0.2, -0.15) is 0 Å². The number of rotatable bonds is 11. The van der Waals surface area contributed by atoms with Gasteiger partial charge in [0.15, 0.2) is 8.32 Å². The van der Waals surface area contributed by atoms with E-state index in [2.05, 4.69) is 87.3 Å². The molecule has 1 atom stereocenters. The van der Waals surface area contributed by atoms with Crippen LogP contribution in [0, 0.1) is 0 Å². The van der Waals surface area contributed by atoms with E-state index in [9.17, 15) is 9.90 Å². The van der Waals surface area contributed by atoms with Gasteiger partial charge in [-0.05, 0) is 35.7 Å². The fourth-order valence-electron chi connectivity index (χ4n) is 3.22. The van der Waals surface area contributed by atoms with Crippen LogP contribution in [0.2, 0.25) is 18.1 Å². The van der Waals surface area contributed by atoms with E-state index in [1.807, 2.05) is 12.1 Å². The SMILES string of the molecule is CC(C)(C)[Si](C)(C)O[C@H](CCC(=O)O)CN(Cc1ccccc1)Cc1ccccc1. The zero-order chi connectivity index (χ0) is 22.2. The third kappa shape index (κ3) is 8.05. The molecule has 0 aromatic heterocycles. The summed E-state index contributed by atoms with van der Waals surface area (Å²) in [6.45, 7) is 13.5. The Morgan fingerprint density at radius 3 is 1.83 bits per heavy atom. The number of hydrogen-bond donors (Lipinski definition) is 1. The standard InChI is InChI=1S/C25H37NO3Si/c1-25(2,3)30(4,5)29-23(16-17-24(27)28)20-26(18-21-12-8-6-9-13-21)19-22-14-10-7-11-15-22/h6-15,23H,16-20H2,1-5H3,(H,27,28)/t23-/m1/s1. The predicted octanol–water partition coefficient (Wildman–Crippen LogP) is 5.94. The Hall–Kier alpha value is -1.95. The first kappa shape index (κ1) is 24.3. The molecule has 0 heterocycles. The highest BCUT2D eigenvalue weighted by Gasteiger charge is 2.39. The average Bonchev–Trinajstić information content (AvgIpc) is 2.66. The minimum Gasteiger partial charge on any atom is -0.481 e. The molecule has 0 radical (unpaired) electrons. The molecule has 30 heavy (non-hydrogen) atoms. The minimum atomic E-state index is -2.01. The summed E-state index contributed by atoms with van der Waals surface area (Å²) in [5, 5.41) is 9.35. The maximum Gasteiger partial charge on any atom is 0.303 e. The second-order valence-electron chi connectivity index (χ2n) is 9.57. The number of carbonyl (C=O) groups is 1. The van der Waals surface area contributed by atoms with E-state index < -0.39 is 14.3 Å². The number of nitrogens with zero attached hydrogens (tertiary/aromatic N) is 1. The van der Waals surface area contributed by atoms with Crippen LogP contribution in [0.1, 0.15) is 44.7 Å². The average molecular weight is 428 g/mol. The molecule has 2 rings (SSSR count). The van der Waals surface area contributed by atoms with Crippen LogP contribution in [0.25, 0.3) is 0 Å². The molecule has 0 amide bonds. The first-order valence-electron chi connectivity index (χ1n) is 10.8. The molecule has 0 unspecified atom stereocenters. The van der Waals surface area contributed by atoms with Gasteiger partial charge >= 0.3 is 5.97 Å². The van der Waals surface area contributed by atoms with E-state index in [0.29, 0.717) is 13.0 Å². The summed E-state index contributed by atoms with van der Waals surface area (Å²) >= 11 is 0. The van der Waals surface area contributed by atoms with Crippen molar-refractivity contribution in [1.29, 1.82) is 0 Å². The van der Waals surface area contributed by atoms with Crippen molar-refractivity contribution in [2.75, 3.05) is 6.54 Å². The van der Waals surface area contributed by atoms with Gasteiger partial charge in [-0.15, -0.1) is 0 Å². The Kier molecular flexibility index (Phi) is 8.83. The first-order valence-corrected chi connectivity index (χ1v) is 13.7. The maximum atomic E-state index is 11.3. The van der Waals surface area contributed by atoms with Gasteiger partial charge in [-0.25, -0.2) is 0 Å². The van der Waals surface area contributed by atoms with Crippen molar-refractivity contribution in [2.24, 2.45) is 0 Å².